The third kappa shape index (κ3) is 4.56. The van der Waals surface area contributed by atoms with E-state index in [1.54, 1.807) is 22.9 Å². The topological polar surface area (TPSA) is 86.3 Å². The number of rotatable bonds is 8. The van der Waals surface area contributed by atoms with E-state index in [2.05, 4.69) is 5.32 Å². The molecule has 0 aliphatic heterocycles. The third-order valence-corrected chi connectivity index (χ3v) is 3.47. The second kappa shape index (κ2) is 8.33. The first-order valence-electron chi connectivity index (χ1n) is 7.88. The number of aromatic nitrogens is 1. The van der Waals surface area contributed by atoms with Crippen LogP contribution in [-0.4, -0.2) is 30.2 Å². The van der Waals surface area contributed by atoms with Crippen molar-refractivity contribution in [2.24, 2.45) is 5.73 Å². The number of benzene rings is 1. The Hall–Kier alpha value is -2.34. The number of ether oxygens (including phenoxy) is 1. The summed E-state index contributed by atoms with van der Waals surface area (Å²) in [5.74, 6) is 0.656. The summed E-state index contributed by atoms with van der Waals surface area (Å²) in [5.41, 5.74) is 5.23. The minimum atomic E-state index is -0.106. The van der Waals surface area contributed by atoms with E-state index in [9.17, 15) is 9.59 Å². The van der Waals surface area contributed by atoms with Gasteiger partial charge >= 0.3 is 0 Å². The lowest BCUT2D eigenvalue weighted by atomic mass is 10.1. The van der Waals surface area contributed by atoms with Crippen molar-refractivity contribution >= 4 is 16.7 Å². The average Bonchev–Trinajstić information content (AvgIpc) is 2.57. The van der Waals surface area contributed by atoms with E-state index in [4.69, 9.17) is 10.5 Å². The van der Waals surface area contributed by atoms with Crippen molar-refractivity contribution in [1.82, 2.24) is 9.88 Å². The first-order valence-corrected chi connectivity index (χ1v) is 7.88. The molecule has 6 nitrogen and oxygen atoms in total. The zero-order valence-corrected chi connectivity index (χ0v) is 13.4. The Morgan fingerprint density at radius 2 is 2.17 bits per heavy atom. The Morgan fingerprint density at radius 1 is 1.35 bits per heavy atom. The molecule has 1 aromatic carbocycles. The average molecular weight is 317 g/mol. The van der Waals surface area contributed by atoms with Gasteiger partial charge in [0.05, 0.1) is 6.61 Å². The van der Waals surface area contributed by atoms with Gasteiger partial charge in [0.25, 0.3) is 5.56 Å². The number of nitrogens with two attached hydrogens (primary N) is 1. The van der Waals surface area contributed by atoms with Crippen LogP contribution in [0.4, 0.5) is 0 Å². The fourth-order valence-electron chi connectivity index (χ4n) is 2.27. The van der Waals surface area contributed by atoms with Crippen molar-refractivity contribution in [2.45, 2.75) is 26.3 Å². The summed E-state index contributed by atoms with van der Waals surface area (Å²) in [7, 11) is 0. The van der Waals surface area contributed by atoms with Gasteiger partial charge in [-0.3, -0.25) is 9.59 Å². The van der Waals surface area contributed by atoms with Gasteiger partial charge < -0.3 is 20.4 Å². The number of nitrogens with zero attached hydrogens (tertiary/aromatic N) is 1. The molecule has 0 aliphatic carbocycles. The van der Waals surface area contributed by atoms with Gasteiger partial charge in [-0.25, -0.2) is 0 Å². The number of aryl methyl sites for hydroxylation is 1. The molecule has 1 aromatic heterocycles. The number of pyridine rings is 1. The highest BCUT2D eigenvalue weighted by Gasteiger charge is 2.06. The molecular formula is C17H23N3O3. The van der Waals surface area contributed by atoms with E-state index < -0.39 is 0 Å². The van der Waals surface area contributed by atoms with E-state index in [0.29, 0.717) is 31.6 Å². The van der Waals surface area contributed by atoms with Gasteiger partial charge in [-0.05, 0) is 36.1 Å². The van der Waals surface area contributed by atoms with Crippen molar-refractivity contribution < 1.29 is 9.53 Å². The molecule has 0 bridgehead atoms. The van der Waals surface area contributed by atoms with Crippen LogP contribution in [0, 0.1) is 0 Å². The number of carbonyl (C=O) groups is 1. The molecule has 0 radical (unpaired) electrons. The van der Waals surface area contributed by atoms with Crippen LogP contribution in [0.15, 0.2) is 35.3 Å². The predicted octanol–water partition coefficient (Wildman–Crippen LogP) is 1.26. The van der Waals surface area contributed by atoms with Crippen molar-refractivity contribution in [2.75, 3.05) is 19.7 Å². The molecule has 6 heteroatoms. The van der Waals surface area contributed by atoms with E-state index in [-0.39, 0.29) is 17.9 Å². The van der Waals surface area contributed by atoms with Crippen molar-refractivity contribution in [3.8, 4) is 5.75 Å². The molecule has 124 valence electrons. The van der Waals surface area contributed by atoms with Crippen LogP contribution in [0.2, 0.25) is 0 Å². The maximum absolute atomic E-state index is 12.5. The Kier molecular flexibility index (Phi) is 6.17. The molecular weight excluding hydrogens is 294 g/mol. The molecule has 1 heterocycles. The Labute approximate surface area is 135 Å². The molecule has 3 N–H and O–H groups in total. The lowest BCUT2D eigenvalue weighted by Crippen LogP contribution is -2.30. The smallest absolute Gasteiger partial charge is 0.258 e. The molecule has 0 saturated carbocycles. The third-order valence-electron chi connectivity index (χ3n) is 3.47. The highest BCUT2D eigenvalue weighted by Crippen LogP contribution is 2.18. The fraction of sp³-hybridized carbons (Fsp3) is 0.412. The normalized spacial score (nSPS) is 10.7. The molecule has 2 rings (SSSR count). The highest BCUT2D eigenvalue weighted by molar-refractivity contribution is 5.83. The van der Waals surface area contributed by atoms with Crippen LogP contribution in [0.1, 0.15) is 19.8 Å². The number of nitrogens with one attached hydrogen (secondary N) is 1. The predicted molar refractivity (Wildman–Crippen MR) is 90.7 cm³/mol. The van der Waals surface area contributed by atoms with E-state index >= 15 is 0 Å². The van der Waals surface area contributed by atoms with E-state index in [0.717, 1.165) is 17.6 Å². The van der Waals surface area contributed by atoms with Crippen LogP contribution >= 0.6 is 0 Å². The molecule has 2 aromatic rings. The quantitative estimate of drug-likeness (QED) is 0.767. The highest BCUT2D eigenvalue weighted by atomic mass is 16.5. The van der Waals surface area contributed by atoms with Gasteiger partial charge in [0.15, 0.2) is 0 Å². The number of hydrogen-bond acceptors (Lipinski definition) is 4. The largest absolute Gasteiger partial charge is 0.494 e. The minimum Gasteiger partial charge on any atom is -0.494 e. The van der Waals surface area contributed by atoms with Crippen LogP contribution < -0.4 is 21.3 Å². The first-order chi connectivity index (χ1) is 11.2. The zero-order valence-electron chi connectivity index (χ0n) is 13.4. The van der Waals surface area contributed by atoms with Crippen LogP contribution in [0.5, 0.6) is 5.75 Å². The minimum absolute atomic E-state index is 0.101. The summed E-state index contributed by atoms with van der Waals surface area (Å²) in [4.78, 5) is 24.0. The summed E-state index contributed by atoms with van der Waals surface area (Å²) < 4.78 is 7.13. The number of hydrogen-bond donors (Lipinski definition) is 2. The van der Waals surface area contributed by atoms with E-state index in [1.165, 1.54) is 0 Å². The molecule has 23 heavy (non-hydrogen) atoms. The molecule has 0 atom stereocenters. The lowest BCUT2D eigenvalue weighted by Gasteiger charge is -2.09. The maximum atomic E-state index is 12.5. The molecule has 0 spiro atoms. The standard InChI is InChI=1S/C17H23N3O3/c1-2-11-23-14-3-4-15-13(12-14)5-9-20(17(15)22)10-6-16(21)19-8-7-18/h3-5,9,12H,2,6-8,10-11,18H2,1H3,(H,19,21). The summed E-state index contributed by atoms with van der Waals surface area (Å²) in [6.45, 7) is 3.90. The molecule has 1 amide bonds. The van der Waals surface area contributed by atoms with Crippen LogP contribution in [0.3, 0.4) is 0 Å². The molecule has 0 aliphatic rings. The monoisotopic (exact) mass is 317 g/mol. The van der Waals surface area contributed by atoms with Gasteiger partial charge in [0.2, 0.25) is 5.91 Å². The van der Waals surface area contributed by atoms with Gasteiger partial charge in [0, 0.05) is 37.6 Å². The molecule has 0 fully saturated rings. The Bertz CT molecular complexity index is 725. The summed E-state index contributed by atoms with van der Waals surface area (Å²) in [6, 6.07) is 7.31. The van der Waals surface area contributed by atoms with Crippen LogP contribution in [0.25, 0.3) is 10.8 Å². The first kappa shape index (κ1) is 17.0. The number of fused-ring (bicyclic) bond motifs is 1. The second-order valence-electron chi connectivity index (χ2n) is 5.30. The van der Waals surface area contributed by atoms with Crippen LogP contribution in [-0.2, 0) is 11.3 Å². The molecule has 0 saturated heterocycles. The zero-order chi connectivity index (χ0) is 16.7. The van der Waals surface area contributed by atoms with Crippen molar-refractivity contribution in [1.29, 1.82) is 0 Å². The fourth-order valence-corrected chi connectivity index (χ4v) is 2.27. The number of carbonyl (C=O) groups excluding carboxylic acids is 1. The maximum Gasteiger partial charge on any atom is 0.258 e. The number of amides is 1. The molecule has 0 unspecified atom stereocenters. The van der Waals surface area contributed by atoms with Crippen molar-refractivity contribution in [3.05, 3.63) is 40.8 Å². The lowest BCUT2D eigenvalue weighted by molar-refractivity contribution is -0.121. The Balaban J connectivity index is 2.12. The van der Waals surface area contributed by atoms with Gasteiger partial charge in [-0.2, -0.15) is 0 Å². The summed E-state index contributed by atoms with van der Waals surface area (Å²) in [6.07, 6.45) is 2.90. The summed E-state index contributed by atoms with van der Waals surface area (Å²) in [5, 5.41) is 4.15. The second-order valence-corrected chi connectivity index (χ2v) is 5.30. The van der Waals surface area contributed by atoms with Gasteiger partial charge in [0.1, 0.15) is 5.75 Å². The Morgan fingerprint density at radius 3 is 2.91 bits per heavy atom. The van der Waals surface area contributed by atoms with E-state index in [1.807, 2.05) is 19.1 Å². The van der Waals surface area contributed by atoms with Crippen molar-refractivity contribution in [3.63, 3.8) is 0 Å². The summed E-state index contributed by atoms with van der Waals surface area (Å²) >= 11 is 0. The van der Waals surface area contributed by atoms with Gasteiger partial charge in [-0.15, -0.1) is 0 Å². The SMILES string of the molecule is CCCOc1ccc2c(=O)n(CCC(=O)NCCN)ccc2c1. The van der Waals surface area contributed by atoms with Gasteiger partial charge in [-0.1, -0.05) is 6.92 Å².